The Morgan fingerprint density at radius 3 is 2.60 bits per heavy atom. The highest BCUT2D eigenvalue weighted by atomic mass is 16.5. The highest BCUT2D eigenvalue weighted by Gasteiger charge is 2.07. The van der Waals surface area contributed by atoms with Crippen molar-refractivity contribution in [3.05, 3.63) is 23.8 Å². The summed E-state index contributed by atoms with van der Waals surface area (Å²) in [4.78, 5) is 22.2. The fraction of sp³-hybridized carbons (Fsp3) is 0.400. The standard InChI is InChI=1S/C10H15NO4/c1-7(9(13)11-4-5-12)6-8(2)10(14)15-3/h6,12H,1,4-5H2,2-3H3,(H,11,13)/b8-6+. The number of nitrogens with one attached hydrogen (secondary N) is 1. The molecular formula is C10H15NO4. The molecule has 1 amide bonds. The summed E-state index contributed by atoms with van der Waals surface area (Å²) in [6.45, 7) is 5.03. The minimum absolute atomic E-state index is 0.140. The molecule has 84 valence electrons. The number of rotatable bonds is 5. The largest absolute Gasteiger partial charge is 0.466 e. The van der Waals surface area contributed by atoms with Gasteiger partial charge in [-0.3, -0.25) is 4.79 Å². The Morgan fingerprint density at radius 1 is 1.53 bits per heavy atom. The van der Waals surface area contributed by atoms with Crippen molar-refractivity contribution in [2.75, 3.05) is 20.3 Å². The summed E-state index contributed by atoms with van der Waals surface area (Å²) in [6, 6.07) is 0. The second-order valence-electron chi connectivity index (χ2n) is 2.82. The van der Waals surface area contributed by atoms with Gasteiger partial charge >= 0.3 is 5.97 Å². The quantitative estimate of drug-likeness (QED) is 0.376. The molecule has 15 heavy (non-hydrogen) atoms. The Balaban J connectivity index is 4.34. The second-order valence-corrected chi connectivity index (χ2v) is 2.82. The molecule has 0 rings (SSSR count). The van der Waals surface area contributed by atoms with Crippen LogP contribution in [-0.4, -0.2) is 37.2 Å². The van der Waals surface area contributed by atoms with Gasteiger partial charge in [0.25, 0.3) is 5.91 Å². The van der Waals surface area contributed by atoms with Crippen LogP contribution in [-0.2, 0) is 14.3 Å². The molecular weight excluding hydrogens is 198 g/mol. The molecule has 0 spiro atoms. The van der Waals surface area contributed by atoms with E-state index < -0.39 is 11.9 Å². The number of carbonyl (C=O) groups excluding carboxylic acids is 2. The number of ether oxygens (including phenoxy) is 1. The van der Waals surface area contributed by atoms with Gasteiger partial charge in [0.2, 0.25) is 0 Å². The summed E-state index contributed by atoms with van der Waals surface area (Å²) in [5.41, 5.74) is 0.438. The highest BCUT2D eigenvalue weighted by Crippen LogP contribution is 2.02. The molecule has 0 heterocycles. The smallest absolute Gasteiger partial charge is 0.333 e. The van der Waals surface area contributed by atoms with Crippen LogP contribution in [0.1, 0.15) is 6.92 Å². The molecule has 0 saturated heterocycles. The van der Waals surface area contributed by atoms with Gasteiger partial charge in [-0.2, -0.15) is 0 Å². The van der Waals surface area contributed by atoms with Gasteiger partial charge in [-0.25, -0.2) is 4.79 Å². The van der Waals surface area contributed by atoms with Gasteiger partial charge in [-0.05, 0) is 13.0 Å². The van der Waals surface area contributed by atoms with Gasteiger partial charge in [0.05, 0.1) is 13.7 Å². The van der Waals surface area contributed by atoms with E-state index in [1.165, 1.54) is 20.1 Å². The number of methoxy groups -OCH3 is 1. The Kier molecular flexibility index (Phi) is 6.05. The lowest BCUT2D eigenvalue weighted by Crippen LogP contribution is -2.27. The average molecular weight is 213 g/mol. The van der Waals surface area contributed by atoms with E-state index in [9.17, 15) is 9.59 Å². The van der Waals surface area contributed by atoms with Crippen molar-refractivity contribution >= 4 is 11.9 Å². The van der Waals surface area contributed by atoms with Crippen LogP contribution in [0.15, 0.2) is 23.8 Å². The summed E-state index contributed by atoms with van der Waals surface area (Å²) in [7, 11) is 1.26. The van der Waals surface area contributed by atoms with Crippen molar-refractivity contribution in [2.24, 2.45) is 0 Å². The van der Waals surface area contributed by atoms with Gasteiger partial charge in [0.1, 0.15) is 0 Å². The van der Waals surface area contributed by atoms with Gasteiger partial charge in [0, 0.05) is 17.7 Å². The molecule has 5 heteroatoms. The third-order valence-corrected chi connectivity index (χ3v) is 1.59. The van der Waals surface area contributed by atoms with E-state index in [0.29, 0.717) is 5.57 Å². The van der Waals surface area contributed by atoms with Gasteiger partial charge in [-0.1, -0.05) is 6.58 Å². The SMILES string of the molecule is C=C(/C=C(\C)C(=O)OC)C(=O)NCCO. The fourth-order valence-electron chi connectivity index (χ4n) is 0.830. The van der Waals surface area contributed by atoms with Crippen LogP contribution in [0.25, 0.3) is 0 Å². The molecule has 0 aliphatic carbocycles. The van der Waals surface area contributed by atoms with Crippen molar-refractivity contribution in [2.45, 2.75) is 6.92 Å². The Labute approximate surface area is 88.4 Å². The molecule has 0 aromatic heterocycles. The predicted molar refractivity (Wildman–Crippen MR) is 55.0 cm³/mol. The van der Waals surface area contributed by atoms with Crippen LogP contribution < -0.4 is 5.32 Å². The molecule has 0 bridgehead atoms. The number of carbonyl (C=O) groups is 2. The molecule has 0 aliphatic rings. The van der Waals surface area contributed by atoms with Crippen molar-refractivity contribution in [1.29, 1.82) is 0 Å². The minimum Gasteiger partial charge on any atom is -0.466 e. The molecule has 0 aromatic rings. The number of hydrogen-bond donors (Lipinski definition) is 2. The molecule has 0 aliphatic heterocycles. The molecule has 0 fully saturated rings. The first-order valence-corrected chi connectivity index (χ1v) is 4.37. The van der Waals surface area contributed by atoms with Gasteiger partial charge in [-0.15, -0.1) is 0 Å². The van der Waals surface area contributed by atoms with E-state index >= 15 is 0 Å². The van der Waals surface area contributed by atoms with E-state index in [-0.39, 0.29) is 18.7 Å². The first-order chi connectivity index (χ1) is 7.02. The number of aliphatic hydroxyl groups is 1. The third kappa shape index (κ3) is 4.97. The molecule has 0 aromatic carbocycles. The molecule has 5 nitrogen and oxygen atoms in total. The first-order valence-electron chi connectivity index (χ1n) is 4.37. The Hall–Kier alpha value is -1.62. The maximum Gasteiger partial charge on any atom is 0.333 e. The minimum atomic E-state index is -0.508. The zero-order chi connectivity index (χ0) is 11.8. The van der Waals surface area contributed by atoms with Crippen LogP contribution in [0.5, 0.6) is 0 Å². The first kappa shape index (κ1) is 13.4. The Bertz CT molecular complexity index is 294. The zero-order valence-electron chi connectivity index (χ0n) is 8.87. The monoisotopic (exact) mass is 213 g/mol. The number of amides is 1. The lowest BCUT2D eigenvalue weighted by molar-refractivity contribution is -0.136. The molecule has 0 unspecified atom stereocenters. The fourth-order valence-corrected chi connectivity index (χ4v) is 0.830. The van der Waals surface area contributed by atoms with Crippen LogP contribution in [0, 0.1) is 0 Å². The maximum absolute atomic E-state index is 11.2. The van der Waals surface area contributed by atoms with Crippen LogP contribution in [0.2, 0.25) is 0 Å². The van der Waals surface area contributed by atoms with Crippen molar-refractivity contribution in [3.63, 3.8) is 0 Å². The topological polar surface area (TPSA) is 75.6 Å². The molecule has 0 radical (unpaired) electrons. The van der Waals surface area contributed by atoms with Crippen molar-refractivity contribution in [1.82, 2.24) is 5.32 Å². The predicted octanol–water partition coefficient (Wildman–Crippen LogP) is -0.230. The lowest BCUT2D eigenvalue weighted by atomic mass is 10.2. The Morgan fingerprint density at radius 2 is 2.13 bits per heavy atom. The second kappa shape index (κ2) is 6.78. The number of hydrogen-bond acceptors (Lipinski definition) is 4. The van der Waals surface area contributed by atoms with E-state index in [1.807, 2.05) is 0 Å². The summed E-state index contributed by atoms with van der Waals surface area (Å²) < 4.78 is 4.45. The molecule has 0 saturated carbocycles. The normalized spacial score (nSPS) is 10.7. The van der Waals surface area contributed by atoms with Gasteiger partial charge in [0.15, 0.2) is 0 Å². The summed E-state index contributed by atoms with van der Waals surface area (Å²) >= 11 is 0. The summed E-state index contributed by atoms with van der Waals surface area (Å²) in [5, 5.41) is 10.9. The van der Waals surface area contributed by atoms with Crippen LogP contribution >= 0.6 is 0 Å². The number of esters is 1. The lowest BCUT2D eigenvalue weighted by Gasteiger charge is -2.03. The summed E-state index contributed by atoms with van der Waals surface area (Å²) in [5.74, 6) is -0.932. The van der Waals surface area contributed by atoms with E-state index in [1.54, 1.807) is 0 Å². The summed E-state index contributed by atoms with van der Waals surface area (Å²) in [6.07, 6.45) is 1.33. The van der Waals surface area contributed by atoms with E-state index in [2.05, 4.69) is 16.6 Å². The average Bonchev–Trinajstić information content (AvgIpc) is 2.24. The molecule has 2 N–H and O–H groups in total. The third-order valence-electron chi connectivity index (χ3n) is 1.59. The zero-order valence-corrected chi connectivity index (χ0v) is 8.87. The van der Waals surface area contributed by atoms with E-state index in [0.717, 1.165) is 0 Å². The van der Waals surface area contributed by atoms with Crippen LogP contribution in [0.4, 0.5) is 0 Å². The number of aliphatic hydroxyl groups excluding tert-OH is 1. The van der Waals surface area contributed by atoms with E-state index in [4.69, 9.17) is 5.11 Å². The van der Waals surface area contributed by atoms with Crippen molar-refractivity contribution in [3.8, 4) is 0 Å². The molecule has 0 atom stereocenters. The van der Waals surface area contributed by atoms with Gasteiger partial charge < -0.3 is 15.2 Å². The van der Waals surface area contributed by atoms with Crippen molar-refractivity contribution < 1.29 is 19.4 Å². The van der Waals surface area contributed by atoms with Crippen LogP contribution in [0.3, 0.4) is 0 Å². The highest BCUT2D eigenvalue weighted by molar-refractivity contribution is 5.98. The maximum atomic E-state index is 11.2.